The predicted octanol–water partition coefficient (Wildman–Crippen LogP) is -0.293. The largest absolute Gasteiger partial charge is 0.379 e. The van der Waals surface area contributed by atoms with Crippen LogP contribution in [0.5, 0.6) is 0 Å². The number of ether oxygens (including phenoxy) is 1. The summed E-state index contributed by atoms with van der Waals surface area (Å²) in [5.74, 6) is -0.188. The zero-order valence-electron chi connectivity index (χ0n) is 6.15. The van der Waals surface area contributed by atoms with E-state index in [2.05, 4.69) is 12.6 Å². The van der Waals surface area contributed by atoms with Crippen LogP contribution in [0.4, 0.5) is 0 Å². The summed E-state index contributed by atoms with van der Waals surface area (Å²) in [6, 6.07) is 0. The van der Waals surface area contributed by atoms with E-state index in [0.29, 0.717) is 26.3 Å². The van der Waals surface area contributed by atoms with Crippen LogP contribution in [0.25, 0.3) is 0 Å². The van der Waals surface area contributed by atoms with Crippen molar-refractivity contribution in [1.82, 2.24) is 5.06 Å². The van der Waals surface area contributed by atoms with Crippen molar-refractivity contribution in [3.05, 3.63) is 0 Å². The molecule has 1 fully saturated rings. The predicted molar refractivity (Wildman–Crippen MR) is 42.3 cm³/mol. The number of thiol groups is 1. The first-order valence-electron chi connectivity index (χ1n) is 3.47. The number of hydrogen-bond donors (Lipinski definition) is 1. The molecule has 0 saturated carbocycles. The van der Waals surface area contributed by atoms with E-state index >= 15 is 0 Å². The Kier molecular flexibility index (Phi) is 3.68. The van der Waals surface area contributed by atoms with Crippen LogP contribution in [-0.4, -0.2) is 43.1 Å². The van der Waals surface area contributed by atoms with E-state index in [-0.39, 0.29) is 11.7 Å². The lowest BCUT2D eigenvalue weighted by atomic mass is 10.5. The maximum Gasteiger partial charge on any atom is 0.334 e. The van der Waals surface area contributed by atoms with E-state index in [9.17, 15) is 4.79 Å². The van der Waals surface area contributed by atoms with Crippen molar-refractivity contribution in [3.63, 3.8) is 0 Å². The molecule has 1 aliphatic heterocycles. The Morgan fingerprint density at radius 3 is 2.73 bits per heavy atom. The number of rotatable bonds is 2. The molecule has 0 spiro atoms. The molecule has 0 amide bonds. The van der Waals surface area contributed by atoms with Crippen LogP contribution in [-0.2, 0) is 14.4 Å². The number of carbonyl (C=O) groups excluding carboxylic acids is 1. The SMILES string of the molecule is O=C(CS)ON1CCOCC1. The summed E-state index contributed by atoms with van der Waals surface area (Å²) in [4.78, 5) is 15.6. The minimum absolute atomic E-state index is 0.122. The molecule has 11 heavy (non-hydrogen) atoms. The molecule has 0 aromatic carbocycles. The number of hydrogen-bond acceptors (Lipinski definition) is 5. The van der Waals surface area contributed by atoms with Crippen LogP contribution in [0.2, 0.25) is 0 Å². The van der Waals surface area contributed by atoms with Gasteiger partial charge in [-0.2, -0.15) is 12.6 Å². The van der Waals surface area contributed by atoms with Crippen molar-refractivity contribution in [2.75, 3.05) is 32.1 Å². The Labute approximate surface area is 70.8 Å². The fourth-order valence-corrected chi connectivity index (χ4v) is 0.868. The summed E-state index contributed by atoms with van der Waals surface area (Å²) in [6.07, 6.45) is 0. The summed E-state index contributed by atoms with van der Waals surface area (Å²) in [7, 11) is 0. The van der Waals surface area contributed by atoms with Gasteiger partial charge in [0.05, 0.1) is 32.1 Å². The molecule has 1 heterocycles. The van der Waals surface area contributed by atoms with Gasteiger partial charge in [-0.05, 0) is 0 Å². The fraction of sp³-hybridized carbons (Fsp3) is 0.833. The van der Waals surface area contributed by atoms with Gasteiger partial charge in [0, 0.05) is 0 Å². The quantitative estimate of drug-likeness (QED) is 0.588. The number of nitrogens with zero attached hydrogens (tertiary/aromatic N) is 1. The van der Waals surface area contributed by atoms with Crippen LogP contribution < -0.4 is 0 Å². The highest BCUT2D eigenvalue weighted by Crippen LogP contribution is 1.98. The molecule has 1 saturated heterocycles. The third kappa shape index (κ3) is 3.09. The van der Waals surface area contributed by atoms with Crippen molar-refractivity contribution in [1.29, 1.82) is 0 Å². The van der Waals surface area contributed by atoms with E-state index in [1.165, 1.54) is 0 Å². The third-order valence-electron chi connectivity index (χ3n) is 1.33. The normalized spacial score (nSPS) is 19.7. The van der Waals surface area contributed by atoms with Gasteiger partial charge in [-0.1, -0.05) is 0 Å². The van der Waals surface area contributed by atoms with Gasteiger partial charge in [0.25, 0.3) is 0 Å². The standard InChI is InChI=1S/C6H11NO3S/c8-6(5-11)10-7-1-3-9-4-2-7/h11H,1-5H2. The monoisotopic (exact) mass is 177 g/mol. The summed E-state index contributed by atoms with van der Waals surface area (Å²) in [5.41, 5.74) is 0. The highest BCUT2D eigenvalue weighted by molar-refractivity contribution is 7.81. The van der Waals surface area contributed by atoms with Gasteiger partial charge in [-0.25, -0.2) is 4.79 Å². The molecule has 1 rings (SSSR count). The van der Waals surface area contributed by atoms with Crippen molar-refractivity contribution >= 4 is 18.6 Å². The van der Waals surface area contributed by atoms with Gasteiger partial charge in [0.1, 0.15) is 0 Å². The maximum absolute atomic E-state index is 10.7. The number of carbonyl (C=O) groups is 1. The molecule has 5 heteroatoms. The first kappa shape index (κ1) is 8.83. The van der Waals surface area contributed by atoms with Gasteiger partial charge >= 0.3 is 5.97 Å². The number of morpholine rings is 1. The molecular weight excluding hydrogens is 166 g/mol. The maximum atomic E-state index is 10.7. The first-order valence-corrected chi connectivity index (χ1v) is 4.10. The summed E-state index contributed by atoms with van der Waals surface area (Å²) >= 11 is 3.78. The second kappa shape index (κ2) is 4.58. The molecule has 64 valence electrons. The number of hydroxylamine groups is 2. The van der Waals surface area contributed by atoms with Crippen LogP contribution in [0.15, 0.2) is 0 Å². The smallest absolute Gasteiger partial charge is 0.334 e. The Hall–Kier alpha value is -0.260. The van der Waals surface area contributed by atoms with Crippen LogP contribution in [0, 0.1) is 0 Å². The highest BCUT2D eigenvalue weighted by atomic mass is 32.1. The van der Waals surface area contributed by atoms with Gasteiger partial charge in [0.2, 0.25) is 0 Å². The molecule has 0 bridgehead atoms. The van der Waals surface area contributed by atoms with Crippen molar-refractivity contribution in [3.8, 4) is 0 Å². The summed E-state index contributed by atoms with van der Waals surface area (Å²) in [6.45, 7) is 2.55. The lowest BCUT2D eigenvalue weighted by molar-refractivity contribution is -0.202. The Morgan fingerprint density at radius 1 is 1.55 bits per heavy atom. The minimum atomic E-state index is -0.310. The first-order chi connectivity index (χ1) is 5.33. The molecule has 4 nitrogen and oxygen atoms in total. The molecule has 0 aliphatic carbocycles. The minimum Gasteiger partial charge on any atom is -0.379 e. The Morgan fingerprint density at radius 2 is 2.18 bits per heavy atom. The van der Waals surface area contributed by atoms with Crippen LogP contribution in [0.1, 0.15) is 0 Å². The zero-order chi connectivity index (χ0) is 8.10. The van der Waals surface area contributed by atoms with Crippen LogP contribution in [0.3, 0.4) is 0 Å². The summed E-state index contributed by atoms with van der Waals surface area (Å²) < 4.78 is 5.06. The lowest BCUT2D eigenvalue weighted by Gasteiger charge is -2.24. The van der Waals surface area contributed by atoms with E-state index in [0.717, 1.165) is 0 Å². The second-order valence-corrected chi connectivity index (χ2v) is 2.48. The van der Waals surface area contributed by atoms with E-state index in [1.54, 1.807) is 5.06 Å². The average molecular weight is 177 g/mol. The fourth-order valence-electron chi connectivity index (χ4n) is 0.811. The van der Waals surface area contributed by atoms with Crippen molar-refractivity contribution in [2.24, 2.45) is 0 Å². The molecule has 0 radical (unpaired) electrons. The highest BCUT2D eigenvalue weighted by Gasteiger charge is 2.13. The van der Waals surface area contributed by atoms with E-state index < -0.39 is 0 Å². The Balaban J connectivity index is 2.19. The third-order valence-corrected chi connectivity index (χ3v) is 1.59. The summed E-state index contributed by atoms with van der Waals surface area (Å²) in [5, 5.41) is 1.60. The van der Waals surface area contributed by atoms with Crippen molar-refractivity contribution in [2.45, 2.75) is 0 Å². The van der Waals surface area contributed by atoms with Crippen molar-refractivity contribution < 1.29 is 14.4 Å². The van der Waals surface area contributed by atoms with Gasteiger partial charge in [0.15, 0.2) is 0 Å². The van der Waals surface area contributed by atoms with E-state index in [1.807, 2.05) is 0 Å². The molecule has 0 unspecified atom stereocenters. The molecule has 1 aliphatic rings. The zero-order valence-corrected chi connectivity index (χ0v) is 7.05. The van der Waals surface area contributed by atoms with Gasteiger partial charge < -0.3 is 9.57 Å². The van der Waals surface area contributed by atoms with Crippen LogP contribution >= 0.6 is 12.6 Å². The second-order valence-electron chi connectivity index (χ2n) is 2.16. The van der Waals surface area contributed by atoms with Gasteiger partial charge in [-0.15, -0.1) is 5.06 Å². The molecule has 0 aromatic heterocycles. The van der Waals surface area contributed by atoms with E-state index in [4.69, 9.17) is 9.57 Å². The van der Waals surface area contributed by atoms with Gasteiger partial charge in [-0.3, -0.25) is 0 Å². The molecular formula is C6H11NO3S. The molecule has 0 N–H and O–H groups in total. The Bertz CT molecular complexity index is 136. The molecule has 0 atom stereocenters. The average Bonchev–Trinajstić information content (AvgIpc) is 2.06. The lowest BCUT2D eigenvalue weighted by Crippen LogP contribution is -2.38. The molecule has 0 aromatic rings. The topological polar surface area (TPSA) is 38.8 Å².